The van der Waals surface area contributed by atoms with Crippen molar-refractivity contribution in [3.63, 3.8) is 0 Å². The van der Waals surface area contributed by atoms with Gasteiger partial charge in [0.05, 0.1) is 13.1 Å². The molecule has 6 heteroatoms. The lowest BCUT2D eigenvalue weighted by Crippen LogP contribution is -2.42. The summed E-state index contributed by atoms with van der Waals surface area (Å²) in [4.78, 5) is 14.5. The number of anilines is 1. The SMILES string of the molecule is O=C(CNc1ccccc1Sc1ccccc1)NC[C@@H]1COc2ccccc2O1. The molecule has 1 atom stereocenters. The number of fused-ring (bicyclic) bond motifs is 1. The smallest absolute Gasteiger partial charge is 0.239 e. The maximum absolute atomic E-state index is 12.3. The van der Waals surface area contributed by atoms with Gasteiger partial charge in [0.1, 0.15) is 12.7 Å². The van der Waals surface area contributed by atoms with Gasteiger partial charge in [-0.1, -0.05) is 54.2 Å². The van der Waals surface area contributed by atoms with Crippen LogP contribution in [-0.4, -0.2) is 31.7 Å². The summed E-state index contributed by atoms with van der Waals surface area (Å²) < 4.78 is 11.5. The van der Waals surface area contributed by atoms with E-state index in [2.05, 4.69) is 22.8 Å². The molecule has 1 aliphatic heterocycles. The highest BCUT2D eigenvalue weighted by molar-refractivity contribution is 7.99. The van der Waals surface area contributed by atoms with E-state index >= 15 is 0 Å². The summed E-state index contributed by atoms with van der Waals surface area (Å²) in [5.41, 5.74) is 0.933. The summed E-state index contributed by atoms with van der Waals surface area (Å²) in [6.07, 6.45) is -0.199. The molecule has 5 nitrogen and oxygen atoms in total. The van der Waals surface area contributed by atoms with Crippen molar-refractivity contribution in [3.8, 4) is 11.5 Å². The molecule has 0 aliphatic carbocycles. The van der Waals surface area contributed by atoms with Crippen molar-refractivity contribution in [2.45, 2.75) is 15.9 Å². The number of amides is 1. The molecule has 0 bridgehead atoms. The number of hydrogen-bond donors (Lipinski definition) is 2. The van der Waals surface area contributed by atoms with Crippen LogP contribution in [0.2, 0.25) is 0 Å². The van der Waals surface area contributed by atoms with Crippen LogP contribution in [0.4, 0.5) is 5.69 Å². The molecule has 0 saturated heterocycles. The first-order valence-corrected chi connectivity index (χ1v) is 10.3. The molecule has 3 aromatic carbocycles. The second-order valence-corrected chi connectivity index (χ2v) is 7.68. The molecular formula is C23H22N2O3S. The minimum absolute atomic E-state index is 0.0908. The zero-order chi connectivity index (χ0) is 19.9. The second kappa shape index (κ2) is 9.39. The predicted molar refractivity (Wildman–Crippen MR) is 115 cm³/mol. The number of benzene rings is 3. The highest BCUT2D eigenvalue weighted by Gasteiger charge is 2.21. The van der Waals surface area contributed by atoms with Gasteiger partial charge < -0.3 is 20.1 Å². The molecule has 0 fully saturated rings. The van der Waals surface area contributed by atoms with Crippen molar-refractivity contribution in [2.24, 2.45) is 0 Å². The van der Waals surface area contributed by atoms with Gasteiger partial charge >= 0.3 is 0 Å². The van der Waals surface area contributed by atoms with Gasteiger partial charge in [-0.15, -0.1) is 0 Å². The van der Waals surface area contributed by atoms with Gasteiger partial charge in [0.15, 0.2) is 11.5 Å². The van der Waals surface area contributed by atoms with Crippen molar-refractivity contribution in [1.82, 2.24) is 5.32 Å². The lowest BCUT2D eigenvalue weighted by molar-refractivity contribution is -0.119. The Morgan fingerprint density at radius 1 is 0.931 bits per heavy atom. The van der Waals surface area contributed by atoms with Gasteiger partial charge in [0.25, 0.3) is 0 Å². The van der Waals surface area contributed by atoms with E-state index in [9.17, 15) is 4.79 Å². The molecule has 29 heavy (non-hydrogen) atoms. The number of carbonyl (C=O) groups is 1. The Hall–Kier alpha value is -3.12. The Kier molecular flexibility index (Phi) is 6.22. The van der Waals surface area contributed by atoms with Gasteiger partial charge in [-0.2, -0.15) is 0 Å². The summed E-state index contributed by atoms with van der Waals surface area (Å²) in [5, 5.41) is 6.14. The number of carbonyl (C=O) groups excluding carboxylic acids is 1. The molecule has 3 aromatic rings. The van der Waals surface area contributed by atoms with Gasteiger partial charge in [0.2, 0.25) is 5.91 Å². The quantitative estimate of drug-likeness (QED) is 0.616. The normalized spacial score (nSPS) is 14.8. The number of rotatable bonds is 7. The maximum atomic E-state index is 12.3. The molecule has 1 aliphatic rings. The van der Waals surface area contributed by atoms with Gasteiger partial charge in [0, 0.05) is 15.5 Å². The van der Waals surface area contributed by atoms with Crippen LogP contribution >= 0.6 is 11.8 Å². The van der Waals surface area contributed by atoms with Gasteiger partial charge in [-0.25, -0.2) is 0 Å². The van der Waals surface area contributed by atoms with Crippen LogP contribution in [-0.2, 0) is 4.79 Å². The lowest BCUT2D eigenvalue weighted by atomic mass is 10.2. The minimum Gasteiger partial charge on any atom is -0.486 e. The van der Waals surface area contributed by atoms with Crippen LogP contribution in [0.5, 0.6) is 11.5 Å². The fraction of sp³-hybridized carbons (Fsp3) is 0.174. The third-order valence-corrected chi connectivity index (χ3v) is 5.48. The maximum Gasteiger partial charge on any atom is 0.239 e. The fourth-order valence-electron chi connectivity index (χ4n) is 2.95. The predicted octanol–water partition coefficient (Wildman–Crippen LogP) is 4.21. The highest BCUT2D eigenvalue weighted by atomic mass is 32.2. The van der Waals surface area contributed by atoms with E-state index in [1.165, 1.54) is 0 Å². The first-order chi connectivity index (χ1) is 14.3. The number of hydrogen-bond acceptors (Lipinski definition) is 5. The minimum atomic E-state index is -0.199. The third kappa shape index (κ3) is 5.23. The molecule has 1 heterocycles. The first kappa shape index (κ1) is 19.2. The fourth-order valence-corrected chi connectivity index (χ4v) is 3.89. The second-order valence-electron chi connectivity index (χ2n) is 6.57. The van der Waals surface area contributed by atoms with Crippen molar-refractivity contribution >= 4 is 23.4 Å². The van der Waals surface area contributed by atoms with E-state index < -0.39 is 0 Å². The number of para-hydroxylation sites is 3. The summed E-state index contributed by atoms with van der Waals surface area (Å²) in [7, 11) is 0. The molecule has 0 aromatic heterocycles. The third-order valence-electron chi connectivity index (χ3n) is 4.39. The van der Waals surface area contributed by atoms with Crippen LogP contribution in [0, 0.1) is 0 Å². The van der Waals surface area contributed by atoms with Crippen LogP contribution in [0.1, 0.15) is 0 Å². The highest BCUT2D eigenvalue weighted by Crippen LogP contribution is 2.33. The zero-order valence-electron chi connectivity index (χ0n) is 15.8. The van der Waals surface area contributed by atoms with Gasteiger partial charge in [-0.05, 0) is 36.4 Å². The molecule has 148 valence electrons. The molecule has 0 radical (unpaired) electrons. The molecule has 0 unspecified atom stereocenters. The van der Waals surface area contributed by atoms with Crippen LogP contribution < -0.4 is 20.1 Å². The Balaban J connectivity index is 1.27. The summed E-state index contributed by atoms with van der Waals surface area (Å²) in [5.74, 6) is 1.36. The van der Waals surface area contributed by atoms with Crippen LogP contribution in [0.3, 0.4) is 0 Å². The standard InChI is InChI=1S/C23H22N2O3S/c26-23(25-14-17-16-27-20-11-5-6-12-21(20)28-17)15-24-19-10-4-7-13-22(19)29-18-8-2-1-3-9-18/h1-13,17,24H,14-16H2,(H,25,26)/t17-/m1/s1. The number of nitrogens with one attached hydrogen (secondary N) is 2. The molecular weight excluding hydrogens is 384 g/mol. The van der Waals surface area contributed by atoms with E-state index in [4.69, 9.17) is 9.47 Å². The Morgan fingerprint density at radius 3 is 2.52 bits per heavy atom. The molecule has 1 amide bonds. The van der Waals surface area contributed by atoms with E-state index in [-0.39, 0.29) is 18.6 Å². The summed E-state index contributed by atoms with van der Waals surface area (Å²) in [6, 6.07) is 25.7. The van der Waals surface area contributed by atoms with Crippen molar-refractivity contribution in [2.75, 3.05) is 25.0 Å². The monoisotopic (exact) mass is 406 g/mol. The first-order valence-electron chi connectivity index (χ1n) is 9.49. The van der Waals surface area contributed by atoms with Gasteiger partial charge in [-0.3, -0.25) is 4.79 Å². The Bertz CT molecular complexity index is 965. The van der Waals surface area contributed by atoms with Crippen LogP contribution in [0.15, 0.2) is 88.7 Å². The van der Waals surface area contributed by atoms with E-state index in [0.29, 0.717) is 18.9 Å². The summed E-state index contributed by atoms with van der Waals surface area (Å²) >= 11 is 1.66. The molecule has 0 spiro atoms. The topological polar surface area (TPSA) is 59.6 Å². The molecule has 4 rings (SSSR count). The van der Waals surface area contributed by atoms with E-state index in [0.717, 1.165) is 21.2 Å². The van der Waals surface area contributed by atoms with Crippen molar-refractivity contribution in [3.05, 3.63) is 78.9 Å². The average molecular weight is 407 g/mol. The molecule has 2 N–H and O–H groups in total. The Morgan fingerprint density at radius 2 is 1.66 bits per heavy atom. The van der Waals surface area contributed by atoms with Crippen molar-refractivity contribution in [1.29, 1.82) is 0 Å². The lowest BCUT2D eigenvalue weighted by Gasteiger charge is -2.26. The summed E-state index contributed by atoms with van der Waals surface area (Å²) in [6.45, 7) is 1.01. The van der Waals surface area contributed by atoms with Crippen LogP contribution in [0.25, 0.3) is 0 Å². The van der Waals surface area contributed by atoms with E-state index in [1.807, 2.05) is 66.7 Å². The largest absolute Gasteiger partial charge is 0.486 e. The average Bonchev–Trinajstić information content (AvgIpc) is 2.77. The molecule has 0 saturated carbocycles. The zero-order valence-corrected chi connectivity index (χ0v) is 16.7. The van der Waals surface area contributed by atoms with Crippen molar-refractivity contribution < 1.29 is 14.3 Å². The van der Waals surface area contributed by atoms with E-state index in [1.54, 1.807) is 11.8 Å². The number of ether oxygens (including phenoxy) is 2. The Labute approximate surface area is 174 Å².